The van der Waals surface area contributed by atoms with Crippen molar-refractivity contribution in [1.29, 1.82) is 0 Å². The van der Waals surface area contributed by atoms with Crippen molar-refractivity contribution in [1.82, 2.24) is 15.1 Å². The molecule has 26 heavy (non-hydrogen) atoms. The number of hydrogen-bond acceptors (Lipinski definition) is 6. The van der Waals surface area contributed by atoms with Crippen LogP contribution in [0.5, 0.6) is 0 Å². The molecule has 1 aliphatic rings. The first kappa shape index (κ1) is 19.0. The fourth-order valence-corrected chi connectivity index (χ4v) is 4.43. The molecule has 0 aliphatic carbocycles. The van der Waals surface area contributed by atoms with E-state index in [1.165, 1.54) is 23.5 Å². The van der Waals surface area contributed by atoms with E-state index in [1.807, 2.05) is 6.08 Å². The van der Waals surface area contributed by atoms with Gasteiger partial charge >= 0.3 is 0 Å². The number of piperidine rings is 1. The molecule has 1 aromatic carbocycles. The molecule has 1 fully saturated rings. The van der Waals surface area contributed by atoms with Crippen LogP contribution in [0, 0.1) is 11.7 Å². The van der Waals surface area contributed by atoms with Gasteiger partial charge in [-0.2, -0.15) is 0 Å². The normalized spacial score (nSPS) is 17.8. The van der Waals surface area contributed by atoms with Crippen molar-refractivity contribution in [3.8, 4) is 0 Å². The maximum absolute atomic E-state index is 13.0. The summed E-state index contributed by atoms with van der Waals surface area (Å²) in [5.41, 5.74) is 1.06. The minimum absolute atomic E-state index is 0.00905. The maximum atomic E-state index is 13.0. The number of carbonyl (C=O) groups excluding carboxylic acids is 1. The van der Waals surface area contributed by atoms with E-state index in [-0.39, 0.29) is 17.6 Å². The number of hydrogen-bond donors (Lipinski definition) is 1. The lowest BCUT2D eigenvalue weighted by Gasteiger charge is -2.31. The molecule has 1 aromatic heterocycles. The van der Waals surface area contributed by atoms with Gasteiger partial charge in [-0.3, -0.25) is 9.69 Å². The molecular formula is C18H21FN4OS2. The Labute approximate surface area is 160 Å². The highest BCUT2D eigenvalue weighted by molar-refractivity contribution is 8.01. The molecule has 0 radical (unpaired) electrons. The van der Waals surface area contributed by atoms with Gasteiger partial charge in [0.05, 0.1) is 5.92 Å². The van der Waals surface area contributed by atoms with Crippen LogP contribution in [0.4, 0.5) is 9.52 Å². The molecule has 2 heterocycles. The second kappa shape index (κ2) is 9.25. The average molecular weight is 393 g/mol. The Balaban J connectivity index is 1.53. The number of halogens is 1. The number of anilines is 1. The molecule has 138 valence electrons. The van der Waals surface area contributed by atoms with Gasteiger partial charge in [0.2, 0.25) is 11.0 Å². The van der Waals surface area contributed by atoms with Crippen molar-refractivity contribution >= 4 is 34.1 Å². The van der Waals surface area contributed by atoms with Crippen LogP contribution in [0.1, 0.15) is 18.4 Å². The molecular weight excluding hydrogens is 371 g/mol. The van der Waals surface area contributed by atoms with Crippen molar-refractivity contribution < 1.29 is 9.18 Å². The lowest BCUT2D eigenvalue weighted by molar-refractivity contribution is -0.121. The number of rotatable bonds is 7. The largest absolute Gasteiger partial charge is 0.300 e. The van der Waals surface area contributed by atoms with Crippen LogP contribution in [0.25, 0.3) is 0 Å². The maximum Gasteiger partial charge on any atom is 0.230 e. The number of amides is 1. The second-order valence-electron chi connectivity index (χ2n) is 6.16. The monoisotopic (exact) mass is 392 g/mol. The molecule has 0 bridgehead atoms. The lowest BCUT2D eigenvalue weighted by atomic mass is 9.97. The molecule has 2 aromatic rings. The summed E-state index contributed by atoms with van der Waals surface area (Å²) in [4.78, 5) is 14.8. The second-order valence-corrected chi connectivity index (χ2v) is 8.41. The number of carbonyl (C=O) groups is 1. The van der Waals surface area contributed by atoms with E-state index in [0.717, 1.165) is 41.6 Å². The number of likely N-dealkylation sites (tertiary alicyclic amines) is 1. The minimum Gasteiger partial charge on any atom is -0.300 e. The summed E-state index contributed by atoms with van der Waals surface area (Å²) in [5.74, 6) is 0.457. The van der Waals surface area contributed by atoms with E-state index in [9.17, 15) is 9.18 Å². The average Bonchev–Trinajstić information content (AvgIpc) is 3.09. The Morgan fingerprint density at radius 3 is 3.00 bits per heavy atom. The van der Waals surface area contributed by atoms with Gasteiger partial charge in [0.25, 0.3) is 0 Å². The van der Waals surface area contributed by atoms with Crippen LogP contribution in [0.3, 0.4) is 0 Å². The molecule has 3 rings (SSSR count). The van der Waals surface area contributed by atoms with Crippen molar-refractivity contribution in [3.05, 3.63) is 48.3 Å². The summed E-state index contributed by atoms with van der Waals surface area (Å²) < 4.78 is 13.8. The number of aromatic nitrogens is 2. The molecule has 1 N–H and O–H groups in total. The molecule has 0 spiro atoms. The lowest BCUT2D eigenvalue weighted by Crippen LogP contribution is -2.40. The van der Waals surface area contributed by atoms with E-state index in [4.69, 9.17) is 0 Å². The van der Waals surface area contributed by atoms with Crippen molar-refractivity contribution in [2.24, 2.45) is 5.92 Å². The van der Waals surface area contributed by atoms with Gasteiger partial charge in [-0.05, 0) is 37.1 Å². The smallest absolute Gasteiger partial charge is 0.230 e. The summed E-state index contributed by atoms with van der Waals surface area (Å²) >= 11 is 2.93. The van der Waals surface area contributed by atoms with Gasteiger partial charge in [0.15, 0.2) is 4.34 Å². The van der Waals surface area contributed by atoms with Gasteiger partial charge in [0, 0.05) is 18.8 Å². The fourth-order valence-electron chi connectivity index (χ4n) is 2.92. The van der Waals surface area contributed by atoms with Gasteiger partial charge in [-0.1, -0.05) is 41.3 Å². The summed E-state index contributed by atoms with van der Waals surface area (Å²) in [6, 6.07) is 6.53. The summed E-state index contributed by atoms with van der Waals surface area (Å²) in [6.45, 7) is 6.04. The van der Waals surface area contributed by atoms with Crippen LogP contribution in [-0.4, -0.2) is 39.8 Å². The van der Waals surface area contributed by atoms with Crippen molar-refractivity contribution in [2.75, 3.05) is 24.2 Å². The third-order valence-corrected chi connectivity index (χ3v) is 6.12. The third-order valence-electron chi connectivity index (χ3n) is 4.16. The van der Waals surface area contributed by atoms with Crippen LogP contribution in [0.2, 0.25) is 0 Å². The highest BCUT2D eigenvalue weighted by Crippen LogP contribution is 2.26. The summed E-state index contributed by atoms with van der Waals surface area (Å²) in [6.07, 6.45) is 3.64. The van der Waals surface area contributed by atoms with Gasteiger partial charge in [0.1, 0.15) is 5.82 Å². The van der Waals surface area contributed by atoms with E-state index < -0.39 is 0 Å². The van der Waals surface area contributed by atoms with Crippen LogP contribution < -0.4 is 5.32 Å². The van der Waals surface area contributed by atoms with Crippen LogP contribution in [0.15, 0.2) is 41.3 Å². The van der Waals surface area contributed by atoms with Gasteiger partial charge in [-0.15, -0.1) is 16.8 Å². The Morgan fingerprint density at radius 1 is 1.42 bits per heavy atom. The Kier molecular flexibility index (Phi) is 6.76. The minimum atomic E-state index is -0.229. The quantitative estimate of drug-likeness (QED) is 0.441. The van der Waals surface area contributed by atoms with E-state index in [0.29, 0.717) is 11.7 Å². The predicted octanol–water partition coefficient (Wildman–Crippen LogP) is 3.81. The molecule has 1 aliphatic heterocycles. The highest BCUT2D eigenvalue weighted by Gasteiger charge is 2.26. The van der Waals surface area contributed by atoms with Crippen LogP contribution in [-0.2, 0) is 11.3 Å². The van der Waals surface area contributed by atoms with Gasteiger partial charge in [-0.25, -0.2) is 4.39 Å². The Hall–Kier alpha value is -1.77. The molecule has 0 unspecified atom stereocenters. The zero-order chi connectivity index (χ0) is 18.4. The van der Waals surface area contributed by atoms with Crippen molar-refractivity contribution in [2.45, 2.75) is 23.7 Å². The van der Waals surface area contributed by atoms with E-state index in [1.54, 1.807) is 23.9 Å². The SMILES string of the molecule is C=CCSc1nnc(NC(=O)[C@@H]2CCCN(Cc3ccc(F)cc3)C2)s1. The summed E-state index contributed by atoms with van der Waals surface area (Å²) in [7, 11) is 0. The number of thioether (sulfide) groups is 1. The molecule has 0 saturated carbocycles. The number of benzene rings is 1. The van der Waals surface area contributed by atoms with Crippen molar-refractivity contribution in [3.63, 3.8) is 0 Å². The van der Waals surface area contributed by atoms with E-state index >= 15 is 0 Å². The zero-order valence-corrected chi connectivity index (χ0v) is 16.0. The molecule has 5 nitrogen and oxygen atoms in total. The predicted molar refractivity (Wildman–Crippen MR) is 104 cm³/mol. The topological polar surface area (TPSA) is 58.1 Å². The summed E-state index contributed by atoms with van der Waals surface area (Å²) in [5, 5.41) is 11.5. The molecule has 1 saturated heterocycles. The first-order chi connectivity index (χ1) is 12.6. The fraction of sp³-hybridized carbons (Fsp3) is 0.389. The highest BCUT2D eigenvalue weighted by atomic mass is 32.2. The zero-order valence-electron chi connectivity index (χ0n) is 14.4. The Bertz CT molecular complexity index is 750. The number of nitrogens with zero attached hydrogens (tertiary/aromatic N) is 3. The van der Waals surface area contributed by atoms with Gasteiger partial charge < -0.3 is 5.32 Å². The standard InChI is InChI=1S/C18H21FN4OS2/c1-2-10-25-18-22-21-17(26-18)20-16(24)14-4-3-9-23(12-14)11-13-5-7-15(19)8-6-13/h2,5-8,14H,1,3-4,9-12H2,(H,20,21,24)/t14-/m1/s1. The Morgan fingerprint density at radius 2 is 2.23 bits per heavy atom. The molecule has 8 heteroatoms. The first-order valence-corrected chi connectivity index (χ1v) is 10.3. The first-order valence-electron chi connectivity index (χ1n) is 8.49. The van der Waals surface area contributed by atoms with E-state index in [2.05, 4.69) is 27.0 Å². The third kappa shape index (κ3) is 5.36. The molecule has 1 amide bonds. The number of nitrogens with one attached hydrogen (secondary N) is 1. The molecule has 1 atom stereocenters. The van der Waals surface area contributed by atoms with Crippen LogP contribution >= 0.6 is 23.1 Å².